The van der Waals surface area contributed by atoms with Crippen molar-refractivity contribution in [2.24, 2.45) is 0 Å². The van der Waals surface area contributed by atoms with Crippen LogP contribution in [0.5, 0.6) is 11.5 Å². The van der Waals surface area contributed by atoms with Crippen LogP contribution in [0.1, 0.15) is 23.7 Å². The van der Waals surface area contributed by atoms with Crippen molar-refractivity contribution in [3.8, 4) is 11.5 Å². The standard InChI is InChI=1S/C14H20BrNO3/c1-4-8-16(9-7-15)14(17)11-5-6-12(18-2)13(10-11)19-3/h5-6,10H,4,7-9H2,1-3H3. The van der Waals surface area contributed by atoms with E-state index in [0.717, 1.165) is 18.3 Å². The Morgan fingerprint density at radius 1 is 1.21 bits per heavy atom. The van der Waals surface area contributed by atoms with Crippen LogP contribution >= 0.6 is 15.9 Å². The second kappa shape index (κ2) is 8.04. The molecule has 0 bridgehead atoms. The molecule has 19 heavy (non-hydrogen) atoms. The lowest BCUT2D eigenvalue weighted by Gasteiger charge is -2.21. The summed E-state index contributed by atoms with van der Waals surface area (Å²) in [6.07, 6.45) is 0.937. The quantitative estimate of drug-likeness (QED) is 0.722. The molecule has 5 heteroatoms. The fourth-order valence-corrected chi connectivity index (χ4v) is 2.27. The molecule has 0 saturated heterocycles. The second-order valence-corrected chi connectivity index (χ2v) is 4.84. The first-order chi connectivity index (χ1) is 9.17. The number of amides is 1. The van der Waals surface area contributed by atoms with Crippen molar-refractivity contribution < 1.29 is 14.3 Å². The molecule has 0 aliphatic carbocycles. The van der Waals surface area contributed by atoms with Crippen molar-refractivity contribution >= 4 is 21.8 Å². The maximum Gasteiger partial charge on any atom is 0.254 e. The summed E-state index contributed by atoms with van der Waals surface area (Å²) in [5.41, 5.74) is 0.618. The van der Waals surface area contributed by atoms with Gasteiger partial charge in [0, 0.05) is 24.0 Å². The monoisotopic (exact) mass is 329 g/mol. The number of nitrogens with zero attached hydrogens (tertiary/aromatic N) is 1. The van der Waals surface area contributed by atoms with Gasteiger partial charge in [0.15, 0.2) is 11.5 Å². The third kappa shape index (κ3) is 4.13. The van der Waals surface area contributed by atoms with Crippen molar-refractivity contribution in [1.29, 1.82) is 0 Å². The topological polar surface area (TPSA) is 38.8 Å². The van der Waals surface area contributed by atoms with Crippen molar-refractivity contribution in [3.05, 3.63) is 23.8 Å². The Bertz CT molecular complexity index is 417. The lowest BCUT2D eigenvalue weighted by Crippen LogP contribution is -2.33. The number of carbonyl (C=O) groups is 1. The van der Waals surface area contributed by atoms with Gasteiger partial charge in [0.1, 0.15) is 0 Å². The molecule has 0 spiro atoms. The molecule has 0 N–H and O–H groups in total. The Morgan fingerprint density at radius 2 is 1.89 bits per heavy atom. The highest BCUT2D eigenvalue weighted by Crippen LogP contribution is 2.28. The molecule has 0 fully saturated rings. The first-order valence-corrected chi connectivity index (χ1v) is 7.37. The van der Waals surface area contributed by atoms with E-state index in [2.05, 4.69) is 22.9 Å². The molecular weight excluding hydrogens is 310 g/mol. The zero-order chi connectivity index (χ0) is 14.3. The van der Waals surface area contributed by atoms with Crippen LogP contribution in [-0.4, -0.2) is 43.4 Å². The van der Waals surface area contributed by atoms with Crippen molar-refractivity contribution in [1.82, 2.24) is 4.90 Å². The molecule has 0 aliphatic rings. The van der Waals surface area contributed by atoms with Crippen LogP contribution in [-0.2, 0) is 0 Å². The summed E-state index contributed by atoms with van der Waals surface area (Å²) in [7, 11) is 3.14. The molecule has 4 nitrogen and oxygen atoms in total. The third-order valence-electron chi connectivity index (χ3n) is 2.77. The van der Waals surface area contributed by atoms with E-state index < -0.39 is 0 Å². The number of ether oxygens (including phenoxy) is 2. The van der Waals surface area contributed by atoms with E-state index in [0.29, 0.717) is 23.6 Å². The highest BCUT2D eigenvalue weighted by Gasteiger charge is 2.16. The molecule has 1 aromatic rings. The molecule has 0 unspecified atom stereocenters. The van der Waals surface area contributed by atoms with E-state index in [1.54, 1.807) is 32.4 Å². The van der Waals surface area contributed by atoms with Gasteiger partial charge in [-0.25, -0.2) is 0 Å². The normalized spacial score (nSPS) is 10.1. The van der Waals surface area contributed by atoms with Gasteiger partial charge in [0.05, 0.1) is 14.2 Å². The number of rotatable bonds is 7. The maximum atomic E-state index is 12.4. The lowest BCUT2D eigenvalue weighted by atomic mass is 10.1. The summed E-state index contributed by atoms with van der Waals surface area (Å²) in [6.45, 7) is 3.50. The lowest BCUT2D eigenvalue weighted by molar-refractivity contribution is 0.0766. The minimum atomic E-state index is 0.0160. The Kier molecular flexibility index (Phi) is 6.70. The van der Waals surface area contributed by atoms with Crippen LogP contribution < -0.4 is 9.47 Å². The number of halogens is 1. The van der Waals surface area contributed by atoms with Crippen LogP contribution in [0.2, 0.25) is 0 Å². The van der Waals surface area contributed by atoms with Crippen molar-refractivity contribution in [2.45, 2.75) is 13.3 Å². The number of hydrogen-bond donors (Lipinski definition) is 0. The fourth-order valence-electron chi connectivity index (χ4n) is 1.84. The molecule has 106 valence electrons. The van der Waals surface area contributed by atoms with Crippen LogP contribution in [0.15, 0.2) is 18.2 Å². The smallest absolute Gasteiger partial charge is 0.254 e. The Morgan fingerprint density at radius 3 is 2.42 bits per heavy atom. The fraction of sp³-hybridized carbons (Fsp3) is 0.500. The second-order valence-electron chi connectivity index (χ2n) is 4.05. The third-order valence-corrected chi connectivity index (χ3v) is 3.12. The van der Waals surface area contributed by atoms with Gasteiger partial charge in [0.25, 0.3) is 5.91 Å². The molecule has 0 aliphatic heterocycles. The summed E-state index contributed by atoms with van der Waals surface area (Å²) in [5, 5.41) is 0.770. The molecule has 0 atom stereocenters. The van der Waals surface area contributed by atoms with Crippen molar-refractivity contribution in [2.75, 3.05) is 32.6 Å². The first kappa shape index (κ1) is 15.8. The van der Waals surface area contributed by atoms with Gasteiger partial charge in [-0.2, -0.15) is 0 Å². The maximum absolute atomic E-state index is 12.4. The SMILES string of the molecule is CCCN(CCBr)C(=O)c1ccc(OC)c(OC)c1. The van der Waals surface area contributed by atoms with Gasteiger partial charge in [-0.3, -0.25) is 4.79 Å². The minimum absolute atomic E-state index is 0.0160. The zero-order valence-electron chi connectivity index (χ0n) is 11.6. The van der Waals surface area contributed by atoms with Gasteiger partial charge >= 0.3 is 0 Å². The molecular formula is C14H20BrNO3. The number of methoxy groups -OCH3 is 2. The highest BCUT2D eigenvalue weighted by atomic mass is 79.9. The predicted molar refractivity (Wildman–Crippen MR) is 79.5 cm³/mol. The summed E-state index contributed by atoms with van der Waals surface area (Å²) < 4.78 is 10.4. The summed E-state index contributed by atoms with van der Waals surface area (Å²) in [6, 6.07) is 5.24. The average Bonchev–Trinajstić information content (AvgIpc) is 2.45. The van der Waals surface area contributed by atoms with E-state index in [1.807, 2.05) is 4.90 Å². The molecule has 0 radical (unpaired) electrons. The average molecular weight is 330 g/mol. The van der Waals surface area contributed by atoms with Crippen LogP contribution in [0.25, 0.3) is 0 Å². The molecule has 0 heterocycles. The summed E-state index contributed by atoms with van der Waals surface area (Å²) >= 11 is 3.37. The van der Waals surface area contributed by atoms with E-state index in [1.165, 1.54) is 0 Å². The van der Waals surface area contributed by atoms with Crippen LogP contribution in [0.3, 0.4) is 0 Å². The zero-order valence-corrected chi connectivity index (χ0v) is 13.2. The molecule has 0 saturated carbocycles. The number of hydrogen-bond acceptors (Lipinski definition) is 3. The largest absolute Gasteiger partial charge is 0.493 e. The van der Waals surface area contributed by atoms with Gasteiger partial charge in [-0.15, -0.1) is 0 Å². The first-order valence-electron chi connectivity index (χ1n) is 6.25. The Labute approximate surface area is 122 Å². The van der Waals surface area contributed by atoms with Crippen molar-refractivity contribution in [3.63, 3.8) is 0 Å². The predicted octanol–water partition coefficient (Wildman–Crippen LogP) is 2.95. The van der Waals surface area contributed by atoms with Crippen LogP contribution in [0.4, 0.5) is 0 Å². The number of benzene rings is 1. The Hall–Kier alpha value is -1.23. The molecule has 0 aromatic heterocycles. The minimum Gasteiger partial charge on any atom is -0.493 e. The summed E-state index contributed by atoms with van der Waals surface area (Å²) in [5.74, 6) is 1.22. The Balaban J connectivity index is 2.97. The molecule has 1 rings (SSSR count). The van der Waals surface area contributed by atoms with Gasteiger partial charge in [-0.05, 0) is 24.6 Å². The van der Waals surface area contributed by atoms with E-state index >= 15 is 0 Å². The van der Waals surface area contributed by atoms with Gasteiger partial charge in [0.2, 0.25) is 0 Å². The molecule has 1 amide bonds. The highest BCUT2D eigenvalue weighted by molar-refractivity contribution is 9.09. The summed E-state index contributed by atoms with van der Waals surface area (Å²) in [4.78, 5) is 14.2. The van der Waals surface area contributed by atoms with Gasteiger partial charge in [-0.1, -0.05) is 22.9 Å². The van der Waals surface area contributed by atoms with E-state index in [4.69, 9.17) is 9.47 Å². The van der Waals surface area contributed by atoms with E-state index in [9.17, 15) is 4.79 Å². The number of alkyl halides is 1. The molecule has 1 aromatic carbocycles. The van der Waals surface area contributed by atoms with E-state index in [-0.39, 0.29) is 5.91 Å². The number of carbonyl (C=O) groups excluding carboxylic acids is 1. The van der Waals surface area contributed by atoms with Crippen LogP contribution in [0, 0.1) is 0 Å². The van der Waals surface area contributed by atoms with Gasteiger partial charge < -0.3 is 14.4 Å².